The highest BCUT2D eigenvalue weighted by molar-refractivity contribution is 8.01. The van der Waals surface area contributed by atoms with Crippen molar-refractivity contribution in [3.05, 3.63) is 29.8 Å². The van der Waals surface area contributed by atoms with Crippen LogP contribution < -0.4 is 0 Å². The van der Waals surface area contributed by atoms with Crippen molar-refractivity contribution in [2.24, 2.45) is 0 Å². The Hall–Kier alpha value is -0.800. The predicted molar refractivity (Wildman–Crippen MR) is 51.7 cm³/mol. The molecule has 13 heavy (non-hydrogen) atoms. The zero-order chi connectivity index (χ0) is 9.42. The molecule has 68 valence electrons. The van der Waals surface area contributed by atoms with Gasteiger partial charge in [-0.1, -0.05) is 18.2 Å². The van der Waals surface area contributed by atoms with Gasteiger partial charge in [-0.2, -0.15) is 0 Å². The molecule has 1 aliphatic rings. The highest BCUT2D eigenvalue weighted by Crippen LogP contribution is 2.43. The Bertz CT molecular complexity index is 349. The van der Waals surface area contributed by atoms with Crippen molar-refractivity contribution >= 4 is 17.5 Å². The molecule has 0 amide bonds. The maximum atomic E-state index is 11.1. The molecular formula is C10H10O2S. The van der Waals surface area contributed by atoms with E-state index < -0.39 is 6.10 Å². The van der Waals surface area contributed by atoms with Crippen LogP contribution in [-0.4, -0.2) is 16.1 Å². The van der Waals surface area contributed by atoms with E-state index in [2.05, 4.69) is 0 Å². The summed E-state index contributed by atoms with van der Waals surface area (Å²) in [6.07, 6.45) is -0.626. The fraction of sp³-hybridized carbons (Fsp3) is 0.300. The number of carbonyl (C=O) groups excluding carboxylic acids is 1. The number of Topliss-reactive ketones (excluding diaryl/α,β-unsaturated/α-hetero) is 1. The fourth-order valence-electron chi connectivity index (χ4n) is 1.50. The third-order valence-electron chi connectivity index (χ3n) is 2.18. The van der Waals surface area contributed by atoms with Crippen LogP contribution in [0.1, 0.15) is 18.6 Å². The lowest BCUT2D eigenvalue weighted by atomic mass is 10.1. The van der Waals surface area contributed by atoms with Crippen LogP contribution in [0.3, 0.4) is 0 Å². The molecular weight excluding hydrogens is 184 g/mol. The monoisotopic (exact) mass is 194 g/mol. The minimum absolute atomic E-state index is 0.0358. The number of hydrogen-bond acceptors (Lipinski definition) is 3. The van der Waals surface area contributed by atoms with Gasteiger partial charge in [0, 0.05) is 4.90 Å². The molecule has 0 bridgehead atoms. The molecule has 1 heterocycles. The van der Waals surface area contributed by atoms with Crippen LogP contribution in [0.2, 0.25) is 0 Å². The Labute approximate surface area is 81.0 Å². The lowest BCUT2D eigenvalue weighted by Gasteiger charge is -2.09. The number of hydrogen-bond donors (Lipinski definition) is 1. The van der Waals surface area contributed by atoms with Gasteiger partial charge < -0.3 is 5.11 Å². The smallest absolute Gasteiger partial charge is 0.146 e. The third kappa shape index (κ3) is 1.38. The lowest BCUT2D eigenvalue weighted by Crippen LogP contribution is -2.17. The van der Waals surface area contributed by atoms with E-state index in [9.17, 15) is 9.90 Å². The molecule has 0 saturated heterocycles. The number of fused-ring (bicyclic) bond motifs is 1. The molecule has 0 aliphatic carbocycles. The lowest BCUT2D eigenvalue weighted by molar-refractivity contribution is -0.118. The van der Waals surface area contributed by atoms with E-state index in [-0.39, 0.29) is 11.0 Å². The van der Waals surface area contributed by atoms with Crippen LogP contribution in [0.25, 0.3) is 0 Å². The van der Waals surface area contributed by atoms with Gasteiger partial charge >= 0.3 is 0 Å². The van der Waals surface area contributed by atoms with Gasteiger partial charge in [-0.15, -0.1) is 11.8 Å². The first-order valence-corrected chi connectivity index (χ1v) is 5.02. The van der Waals surface area contributed by atoms with Gasteiger partial charge in [-0.3, -0.25) is 4.79 Å². The second-order valence-electron chi connectivity index (χ2n) is 3.13. The van der Waals surface area contributed by atoms with Gasteiger partial charge in [0.25, 0.3) is 0 Å². The number of ketones is 1. The Morgan fingerprint density at radius 1 is 1.46 bits per heavy atom. The Kier molecular flexibility index (Phi) is 2.14. The minimum Gasteiger partial charge on any atom is -0.387 e. The molecule has 0 radical (unpaired) electrons. The van der Waals surface area contributed by atoms with Crippen molar-refractivity contribution in [1.82, 2.24) is 0 Å². The van der Waals surface area contributed by atoms with E-state index >= 15 is 0 Å². The molecule has 2 nitrogen and oxygen atoms in total. The van der Waals surface area contributed by atoms with Crippen LogP contribution in [-0.2, 0) is 4.79 Å². The number of aliphatic hydroxyl groups is 1. The van der Waals surface area contributed by atoms with Gasteiger partial charge in [0.15, 0.2) is 0 Å². The van der Waals surface area contributed by atoms with Crippen molar-refractivity contribution in [3.63, 3.8) is 0 Å². The molecule has 3 heteroatoms. The van der Waals surface area contributed by atoms with Crippen LogP contribution >= 0.6 is 11.8 Å². The van der Waals surface area contributed by atoms with E-state index in [1.807, 2.05) is 24.3 Å². The van der Waals surface area contributed by atoms with Crippen molar-refractivity contribution in [2.45, 2.75) is 23.2 Å². The number of rotatable bonds is 1. The second kappa shape index (κ2) is 3.16. The Morgan fingerprint density at radius 2 is 2.15 bits per heavy atom. The molecule has 0 aromatic heterocycles. The summed E-state index contributed by atoms with van der Waals surface area (Å²) in [7, 11) is 0. The Morgan fingerprint density at radius 3 is 2.77 bits per heavy atom. The minimum atomic E-state index is -0.626. The Balaban J connectivity index is 2.38. The van der Waals surface area contributed by atoms with E-state index in [1.165, 1.54) is 18.7 Å². The van der Waals surface area contributed by atoms with Crippen molar-refractivity contribution in [1.29, 1.82) is 0 Å². The molecule has 1 aliphatic heterocycles. The summed E-state index contributed by atoms with van der Waals surface area (Å²) in [5.74, 6) is 0.0358. The second-order valence-corrected chi connectivity index (χ2v) is 4.32. The summed E-state index contributed by atoms with van der Waals surface area (Å²) in [4.78, 5) is 12.2. The molecule has 0 fully saturated rings. The highest BCUT2D eigenvalue weighted by atomic mass is 32.2. The summed E-state index contributed by atoms with van der Waals surface area (Å²) in [5.41, 5.74) is 0.882. The summed E-state index contributed by atoms with van der Waals surface area (Å²) >= 11 is 1.45. The predicted octanol–water partition coefficient (Wildman–Crippen LogP) is 1.78. The van der Waals surface area contributed by atoms with E-state index in [1.54, 1.807) is 0 Å². The van der Waals surface area contributed by atoms with Gasteiger partial charge in [0.05, 0.1) is 11.4 Å². The maximum absolute atomic E-state index is 11.1. The molecule has 0 saturated carbocycles. The average Bonchev–Trinajstić information content (AvgIpc) is 2.45. The summed E-state index contributed by atoms with van der Waals surface area (Å²) < 4.78 is 0. The quantitative estimate of drug-likeness (QED) is 0.740. The third-order valence-corrected chi connectivity index (χ3v) is 3.65. The number of thioether (sulfide) groups is 1. The van der Waals surface area contributed by atoms with Gasteiger partial charge in [-0.05, 0) is 18.6 Å². The first-order valence-electron chi connectivity index (χ1n) is 4.14. The SMILES string of the molecule is CC(=O)C1Sc2ccccc2C1O. The molecule has 2 unspecified atom stereocenters. The molecule has 1 aromatic rings. The normalized spacial score (nSPS) is 25.7. The molecule has 2 rings (SSSR count). The number of carbonyl (C=O) groups is 1. The van der Waals surface area contributed by atoms with Gasteiger partial charge in [-0.25, -0.2) is 0 Å². The van der Waals surface area contributed by atoms with Gasteiger partial charge in [0.1, 0.15) is 5.78 Å². The zero-order valence-electron chi connectivity index (χ0n) is 7.23. The van der Waals surface area contributed by atoms with Crippen molar-refractivity contribution in [2.75, 3.05) is 0 Å². The van der Waals surface area contributed by atoms with Crippen LogP contribution in [0.5, 0.6) is 0 Å². The average molecular weight is 194 g/mol. The molecule has 2 atom stereocenters. The molecule has 1 N–H and O–H groups in total. The van der Waals surface area contributed by atoms with Gasteiger partial charge in [0.2, 0.25) is 0 Å². The van der Waals surface area contributed by atoms with Crippen molar-refractivity contribution < 1.29 is 9.90 Å². The first-order chi connectivity index (χ1) is 6.20. The summed E-state index contributed by atoms with van der Waals surface area (Å²) in [6, 6.07) is 7.61. The molecule has 0 spiro atoms. The first kappa shape index (κ1) is 8.78. The van der Waals surface area contributed by atoms with Crippen LogP contribution in [0, 0.1) is 0 Å². The van der Waals surface area contributed by atoms with Crippen LogP contribution in [0.15, 0.2) is 29.2 Å². The van der Waals surface area contributed by atoms with E-state index in [0.29, 0.717) is 0 Å². The number of benzene rings is 1. The standard InChI is InChI=1S/C10H10O2S/c1-6(11)10-9(12)7-4-2-3-5-8(7)13-10/h2-5,9-10,12H,1H3. The maximum Gasteiger partial charge on any atom is 0.146 e. The largest absolute Gasteiger partial charge is 0.387 e. The molecule has 1 aromatic carbocycles. The zero-order valence-corrected chi connectivity index (χ0v) is 8.04. The number of aliphatic hydroxyl groups excluding tert-OH is 1. The topological polar surface area (TPSA) is 37.3 Å². The van der Waals surface area contributed by atoms with E-state index in [4.69, 9.17) is 0 Å². The van der Waals surface area contributed by atoms with Crippen molar-refractivity contribution in [3.8, 4) is 0 Å². The summed E-state index contributed by atoms with van der Waals surface area (Å²) in [5, 5.41) is 9.46. The fourth-order valence-corrected chi connectivity index (χ4v) is 2.70. The van der Waals surface area contributed by atoms with E-state index in [0.717, 1.165) is 10.5 Å². The highest BCUT2D eigenvalue weighted by Gasteiger charge is 2.34. The van der Waals surface area contributed by atoms with Crippen LogP contribution in [0.4, 0.5) is 0 Å². The summed E-state index contributed by atoms with van der Waals surface area (Å²) in [6.45, 7) is 1.52.